The molecule has 0 radical (unpaired) electrons. The standard InChI is InChI=1S/C13H18O3/c1-14-10-11-5-4-6-12(9-11)16-13-7-2-3-8-15-13/h4-6,9,13H,2-3,7-8,10H2,1H3. The van der Waals surface area contributed by atoms with E-state index in [9.17, 15) is 0 Å². The van der Waals surface area contributed by atoms with E-state index in [0.717, 1.165) is 30.8 Å². The summed E-state index contributed by atoms with van der Waals surface area (Å²) in [6.07, 6.45) is 3.23. The Morgan fingerprint density at radius 1 is 1.38 bits per heavy atom. The van der Waals surface area contributed by atoms with Crippen molar-refractivity contribution in [2.45, 2.75) is 32.2 Å². The predicted molar refractivity (Wildman–Crippen MR) is 61.4 cm³/mol. The highest BCUT2D eigenvalue weighted by atomic mass is 16.7. The summed E-state index contributed by atoms with van der Waals surface area (Å²) in [5.74, 6) is 0.862. The normalized spacial score (nSPS) is 20.7. The van der Waals surface area contributed by atoms with Gasteiger partial charge in [0.1, 0.15) is 5.75 Å². The van der Waals surface area contributed by atoms with Crippen LogP contribution in [0, 0.1) is 0 Å². The highest BCUT2D eigenvalue weighted by Crippen LogP contribution is 2.20. The van der Waals surface area contributed by atoms with Crippen LogP contribution < -0.4 is 4.74 Å². The number of methoxy groups -OCH3 is 1. The first-order valence-corrected chi connectivity index (χ1v) is 5.74. The van der Waals surface area contributed by atoms with E-state index in [1.165, 1.54) is 6.42 Å². The first kappa shape index (κ1) is 11.4. The number of hydrogen-bond donors (Lipinski definition) is 0. The fourth-order valence-corrected chi connectivity index (χ4v) is 1.83. The minimum atomic E-state index is -0.0773. The average Bonchev–Trinajstić information content (AvgIpc) is 2.31. The summed E-state index contributed by atoms with van der Waals surface area (Å²) in [6, 6.07) is 7.96. The number of hydrogen-bond acceptors (Lipinski definition) is 3. The predicted octanol–water partition coefficient (Wildman–Crippen LogP) is 2.74. The van der Waals surface area contributed by atoms with Crippen LogP contribution in [0.5, 0.6) is 5.75 Å². The quantitative estimate of drug-likeness (QED) is 0.784. The molecule has 1 aromatic rings. The fourth-order valence-electron chi connectivity index (χ4n) is 1.83. The van der Waals surface area contributed by atoms with Gasteiger partial charge >= 0.3 is 0 Å². The second-order valence-corrected chi connectivity index (χ2v) is 3.99. The Bertz CT molecular complexity index is 319. The van der Waals surface area contributed by atoms with Crippen molar-refractivity contribution in [3.63, 3.8) is 0 Å². The molecule has 88 valence electrons. The summed E-state index contributed by atoms with van der Waals surface area (Å²) in [5, 5.41) is 0. The Labute approximate surface area is 96.3 Å². The van der Waals surface area contributed by atoms with E-state index in [1.54, 1.807) is 7.11 Å². The Morgan fingerprint density at radius 2 is 2.31 bits per heavy atom. The van der Waals surface area contributed by atoms with E-state index in [2.05, 4.69) is 0 Å². The van der Waals surface area contributed by atoms with Gasteiger partial charge in [-0.25, -0.2) is 0 Å². The third-order valence-corrected chi connectivity index (χ3v) is 2.61. The molecule has 0 spiro atoms. The van der Waals surface area contributed by atoms with Gasteiger partial charge in [0.15, 0.2) is 6.29 Å². The molecule has 1 atom stereocenters. The van der Waals surface area contributed by atoms with Gasteiger partial charge in [-0.15, -0.1) is 0 Å². The first-order chi connectivity index (χ1) is 7.88. The van der Waals surface area contributed by atoms with Crippen LogP contribution in [0.4, 0.5) is 0 Å². The fraction of sp³-hybridized carbons (Fsp3) is 0.538. The van der Waals surface area contributed by atoms with E-state index in [1.807, 2.05) is 24.3 Å². The number of ether oxygens (including phenoxy) is 3. The van der Waals surface area contributed by atoms with Crippen molar-refractivity contribution < 1.29 is 14.2 Å². The van der Waals surface area contributed by atoms with Crippen molar-refractivity contribution in [3.8, 4) is 5.75 Å². The van der Waals surface area contributed by atoms with Crippen LogP contribution in [0.1, 0.15) is 24.8 Å². The van der Waals surface area contributed by atoms with Crippen LogP contribution in [0.15, 0.2) is 24.3 Å². The summed E-state index contributed by atoms with van der Waals surface area (Å²) < 4.78 is 16.4. The molecule has 0 aromatic heterocycles. The molecular weight excluding hydrogens is 204 g/mol. The minimum Gasteiger partial charge on any atom is -0.465 e. The molecule has 1 aliphatic heterocycles. The van der Waals surface area contributed by atoms with Gasteiger partial charge in [0.05, 0.1) is 13.2 Å². The molecule has 1 aromatic carbocycles. The highest BCUT2D eigenvalue weighted by Gasteiger charge is 2.14. The molecule has 1 saturated heterocycles. The van der Waals surface area contributed by atoms with Crippen molar-refractivity contribution in [3.05, 3.63) is 29.8 Å². The van der Waals surface area contributed by atoms with Crippen LogP contribution in [-0.2, 0) is 16.1 Å². The minimum absolute atomic E-state index is 0.0773. The monoisotopic (exact) mass is 222 g/mol. The van der Waals surface area contributed by atoms with E-state index in [0.29, 0.717) is 6.61 Å². The van der Waals surface area contributed by atoms with Gasteiger partial charge < -0.3 is 14.2 Å². The van der Waals surface area contributed by atoms with Gasteiger partial charge in [-0.3, -0.25) is 0 Å². The second-order valence-electron chi connectivity index (χ2n) is 3.99. The molecule has 1 aliphatic rings. The van der Waals surface area contributed by atoms with Crippen molar-refractivity contribution in [2.75, 3.05) is 13.7 Å². The molecule has 1 fully saturated rings. The van der Waals surface area contributed by atoms with Crippen molar-refractivity contribution >= 4 is 0 Å². The van der Waals surface area contributed by atoms with Crippen molar-refractivity contribution in [1.82, 2.24) is 0 Å². The summed E-state index contributed by atoms with van der Waals surface area (Å²) in [7, 11) is 1.69. The van der Waals surface area contributed by atoms with Crippen LogP contribution >= 0.6 is 0 Å². The Hall–Kier alpha value is -1.06. The first-order valence-electron chi connectivity index (χ1n) is 5.74. The summed E-state index contributed by atoms with van der Waals surface area (Å²) in [4.78, 5) is 0. The molecule has 0 aliphatic carbocycles. The van der Waals surface area contributed by atoms with Crippen LogP contribution in [0.25, 0.3) is 0 Å². The topological polar surface area (TPSA) is 27.7 Å². The van der Waals surface area contributed by atoms with Crippen molar-refractivity contribution in [1.29, 1.82) is 0 Å². The van der Waals surface area contributed by atoms with Gasteiger partial charge in [0.25, 0.3) is 0 Å². The summed E-state index contributed by atoms with van der Waals surface area (Å²) >= 11 is 0. The van der Waals surface area contributed by atoms with Crippen LogP contribution in [-0.4, -0.2) is 20.0 Å². The van der Waals surface area contributed by atoms with E-state index in [4.69, 9.17) is 14.2 Å². The molecule has 0 amide bonds. The Morgan fingerprint density at radius 3 is 3.06 bits per heavy atom. The largest absolute Gasteiger partial charge is 0.465 e. The van der Waals surface area contributed by atoms with Gasteiger partial charge in [-0.1, -0.05) is 12.1 Å². The van der Waals surface area contributed by atoms with E-state index in [-0.39, 0.29) is 6.29 Å². The van der Waals surface area contributed by atoms with Gasteiger partial charge in [0, 0.05) is 13.5 Å². The zero-order valence-corrected chi connectivity index (χ0v) is 9.65. The lowest BCUT2D eigenvalue weighted by Crippen LogP contribution is -2.24. The maximum absolute atomic E-state index is 5.76. The maximum atomic E-state index is 5.76. The molecule has 0 N–H and O–H groups in total. The third-order valence-electron chi connectivity index (χ3n) is 2.61. The van der Waals surface area contributed by atoms with E-state index >= 15 is 0 Å². The van der Waals surface area contributed by atoms with Crippen molar-refractivity contribution in [2.24, 2.45) is 0 Å². The average molecular weight is 222 g/mol. The second kappa shape index (κ2) is 5.87. The molecule has 0 saturated carbocycles. The number of rotatable bonds is 4. The van der Waals surface area contributed by atoms with Crippen LogP contribution in [0.3, 0.4) is 0 Å². The smallest absolute Gasteiger partial charge is 0.199 e. The molecule has 1 unspecified atom stereocenters. The SMILES string of the molecule is COCc1cccc(OC2CCCCO2)c1. The summed E-state index contributed by atoms with van der Waals surface area (Å²) in [5.41, 5.74) is 1.12. The van der Waals surface area contributed by atoms with Gasteiger partial charge in [-0.05, 0) is 30.5 Å². The number of benzene rings is 1. The third kappa shape index (κ3) is 3.22. The molecule has 1 heterocycles. The molecule has 2 rings (SSSR count). The van der Waals surface area contributed by atoms with Gasteiger partial charge in [0.2, 0.25) is 0 Å². The lowest BCUT2D eigenvalue weighted by molar-refractivity contribution is -0.105. The molecular formula is C13H18O3. The molecule has 3 heteroatoms. The molecule has 16 heavy (non-hydrogen) atoms. The zero-order valence-electron chi connectivity index (χ0n) is 9.65. The zero-order chi connectivity index (χ0) is 11.2. The highest BCUT2D eigenvalue weighted by molar-refractivity contribution is 5.28. The maximum Gasteiger partial charge on any atom is 0.199 e. The Kier molecular flexibility index (Phi) is 4.19. The molecule has 3 nitrogen and oxygen atoms in total. The summed E-state index contributed by atoms with van der Waals surface area (Å²) in [6.45, 7) is 1.42. The lowest BCUT2D eigenvalue weighted by Gasteiger charge is -2.23. The lowest BCUT2D eigenvalue weighted by atomic mass is 10.2. The Balaban J connectivity index is 1.94. The molecule has 0 bridgehead atoms. The van der Waals surface area contributed by atoms with Gasteiger partial charge in [-0.2, -0.15) is 0 Å². The van der Waals surface area contributed by atoms with Crippen LogP contribution in [0.2, 0.25) is 0 Å². The van der Waals surface area contributed by atoms with E-state index < -0.39 is 0 Å².